The molecule has 0 atom stereocenters. The van der Waals surface area contributed by atoms with Gasteiger partial charge < -0.3 is 16.2 Å². The maximum Gasteiger partial charge on any atom is 0.338 e. The Morgan fingerprint density at radius 1 is 1.50 bits per heavy atom. The van der Waals surface area contributed by atoms with Crippen LogP contribution in [0.4, 0.5) is 10.1 Å². The SMILES string of the molecule is CC(=N)c1cc(C(=O)O)c(F)cc1N. The molecule has 0 bridgehead atoms. The predicted molar refractivity (Wildman–Crippen MR) is 50.3 cm³/mol. The van der Waals surface area contributed by atoms with Crippen molar-refractivity contribution in [3.8, 4) is 0 Å². The number of nitrogen functional groups attached to an aromatic ring is 1. The number of carboxylic acid groups (broad SMARTS) is 1. The minimum atomic E-state index is -1.37. The zero-order chi connectivity index (χ0) is 10.9. The number of halogens is 1. The summed E-state index contributed by atoms with van der Waals surface area (Å²) in [6, 6.07) is 1.98. The summed E-state index contributed by atoms with van der Waals surface area (Å²) in [6.07, 6.45) is 0. The van der Waals surface area contributed by atoms with Crippen LogP contribution in [-0.4, -0.2) is 16.8 Å². The summed E-state index contributed by atoms with van der Waals surface area (Å²) in [5.41, 5.74) is 5.36. The topological polar surface area (TPSA) is 87.2 Å². The fourth-order valence-electron chi connectivity index (χ4n) is 1.08. The Morgan fingerprint density at radius 3 is 2.50 bits per heavy atom. The van der Waals surface area contributed by atoms with Crippen LogP contribution in [0.25, 0.3) is 0 Å². The first-order valence-corrected chi connectivity index (χ1v) is 3.81. The number of anilines is 1. The summed E-state index contributed by atoms with van der Waals surface area (Å²) in [5.74, 6) is -2.26. The Balaban J connectivity index is 3.42. The quantitative estimate of drug-likeness (QED) is 0.494. The molecule has 0 aromatic heterocycles. The van der Waals surface area contributed by atoms with Crippen molar-refractivity contribution in [2.24, 2.45) is 0 Å². The second kappa shape index (κ2) is 3.45. The van der Waals surface area contributed by atoms with E-state index in [0.717, 1.165) is 12.1 Å². The Hall–Kier alpha value is -1.91. The molecule has 0 aliphatic rings. The number of nitrogens with two attached hydrogens (primary N) is 1. The molecule has 0 saturated heterocycles. The summed E-state index contributed by atoms with van der Waals surface area (Å²) >= 11 is 0. The summed E-state index contributed by atoms with van der Waals surface area (Å²) in [5, 5.41) is 15.9. The first-order chi connectivity index (χ1) is 6.43. The van der Waals surface area contributed by atoms with Crippen LogP contribution in [0, 0.1) is 11.2 Å². The van der Waals surface area contributed by atoms with E-state index in [9.17, 15) is 9.18 Å². The molecule has 1 aromatic rings. The number of carbonyl (C=O) groups is 1. The second-order valence-corrected chi connectivity index (χ2v) is 2.85. The van der Waals surface area contributed by atoms with E-state index in [4.69, 9.17) is 16.2 Å². The molecule has 4 N–H and O–H groups in total. The van der Waals surface area contributed by atoms with Gasteiger partial charge in [-0.3, -0.25) is 0 Å². The van der Waals surface area contributed by atoms with Crippen molar-refractivity contribution in [2.75, 3.05) is 5.73 Å². The Bertz CT molecular complexity index is 380. The van der Waals surface area contributed by atoms with Crippen molar-refractivity contribution in [3.05, 3.63) is 29.1 Å². The lowest BCUT2D eigenvalue weighted by molar-refractivity contribution is 0.0692. The summed E-state index contributed by atoms with van der Waals surface area (Å²) in [7, 11) is 0. The van der Waals surface area contributed by atoms with E-state index in [1.807, 2.05) is 0 Å². The van der Waals surface area contributed by atoms with E-state index >= 15 is 0 Å². The number of rotatable bonds is 2. The predicted octanol–water partition coefficient (Wildman–Crippen LogP) is 1.49. The highest BCUT2D eigenvalue weighted by molar-refractivity contribution is 6.03. The molecule has 0 spiro atoms. The average Bonchev–Trinajstić information content (AvgIpc) is 2.02. The summed E-state index contributed by atoms with van der Waals surface area (Å²) < 4.78 is 13.0. The second-order valence-electron chi connectivity index (χ2n) is 2.85. The van der Waals surface area contributed by atoms with E-state index in [1.165, 1.54) is 6.92 Å². The first kappa shape index (κ1) is 10.2. The lowest BCUT2D eigenvalue weighted by Crippen LogP contribution is -2.07. The minimum Gasteiger partial charge on any atom is -0.478 e. The van der Waals surface area contributed by atoms with Crippen molar-refractivity contribution < 1.29 is 14.3 Å². The fraction of sp³-hybridized carbons (Fsp3) is 0.111. The summed E-state index contributed by atoms with van der Waals surface area (Å²) in [6.45, 7) is 1.45. The van der Waals surface area contributed by atoms with Gasteiger partial charge in [0.15, 0.2) is 0 Å². The molecule has 1 aromatic carbocycles. The average molecular weight is 196 g/mol. The van der Waals surface area contributed by atoms with Gasteiger partial charge in [0, 0.05) is 17.0 Å². The van der Waals surface area contributed by atoms with Gasteiger partial charge >= 0.3 is 5.97 Å². The van der Waals surface area contributed by atoms with Gasteiger partial charge in [-0.1, -0.05) is 0 Å². The van der Waals surface area contributed by atoms with Crippen molar-refractivity contribution in [1.82, 2.24) is 0 Å². The van der Waals surface area contributed by atoms with Crippen LogP contribution in [0.3, 0.4) is 0 Å². The third-order valence-electron chi connectivity index (χ3n) is 1.77. The standard InChI is InChI=1S/C9H9FN2O2/c1-4(11)5-2-6(9(13)14)7(10)3-8(5)12/h2-3,11H,12H2,1H3,(H,13,14). The molecule has 0 heterocycles. The Morgan fingerprint density at radius 2 is 2.07 bits per heavy atom. The molecule has 5 heteroatoms. The van der Waals surface area contributed by atoms with Crippen LogP contribution < -0.4 is 5.73 Å². The van der Waals surface area contributed by atoms with E-state index in [2.05, 4.69) is 0 Å². The van der Waals surface area contributed by atoms with E-state index in [1.54, 1.807) is 0 Å². The molecule has 0 unspecified atom stereocenters. The maximum atomic E-state index is 13.0. The van der Waals surface area contributed by atoms with Gasteiger partial charge in [0.2, 0.25) is 0 Å². The van der Waals surface area contributed by atoms with Gasteiger partial charge in [-0.25, -0.2) is 9.18 Å². The third-order valence-corrected chi connectivity index (χ3v) is 1.77. The normalized spacial score (nSPS) is 9.86. The smallest absolute Gasteiger partial charge is 0.338 e. The molecule has 0 fully saturated rings. The fourth-order valence-corrected chi connectivity index (χ4v) is 1.08. The molecule has 1 rings (SSSR count). The largest absolute Gasteiger partial charge is 0.478 e. The van der Waals surface area contributed by atoms with E-state index in [0.29, 0.717) is 0 Å². The molecular weight excluding hydrogens is 187 g/mol. The third kappa shape index (κ3) is 1.71. The van der Waals surface area contributed by atoms with Gasteiger partial charge in [0.25, 0.3) is 0 Å². The Labute approximate surface area is 79.7 Å². The van der Waals surface area contributed by atoms with Crippen molar-refractivity contribution >= 4 is 17.4 Å². The van der Waals surface area contributed by atoms with Crippen LogP contribution in [0.1, 0.15) is 22.8 Å². The number of hydrogen-bond donors (Lipinski definition) is 3. The van der Waals surface area contributed by atoms with E-state index in [-0.39, 0.29) is 17.0 Å². The van der Waals surface area contributed by atoms with Gasteiger partial charge in [-0.05, 0) is 19.1 Å². The number of hydrogen-bond acceptors (Lipinski definition) is 3. The van der Waals surface area contributed by atoms with Gasteiger partial charge in [-0.2, -0.15) is 0 Å². The van der Waals surface area contributed by atoms with Crippen LogP contribution in [-0.2, 0) is 0 Å². The van der Waals surface area contributed by atoms with Crippen molar-refractivity contribution in [3.63, 3.8) is 0 Å². The first-order valence-electron chi connectivity index (χ1n) is 3.81. The summed E-state index contributed by atoms with van der Waals surface area (Å²) in [4.78, 5) is 10.6. The Kier molecular flexibility index (Phi) is 2.51. The van der Waals surface area contributed by atoms with Crippen LogP contribution in [0.5, 0.6) is 0 Å². The lowest BCUT2D eigenvalue weighted by Gasteiger charge is -2.05. The molecule has 0 saturated carbocycles. The van der Waals surface area contributed by atoms with Crippen LogP contribution >= 0.6 is 0 Å². The minimum absolute atomic E-state index is 0.0694. The molecule has 4 nitrogen and oxygen atoms in total. The molecule has 74 valence electrons. The highest BCUT2D eigenvalue weighted by Crippen LogP contribution is 2.18. The highest BCUT2D eigenvalue weighted by atomic mass is 19.1. The van der Waals surface area contributed by atoms with E-state index < -0.39 is 17.3 Å². The maximum absolute atomic E-state index is 13.0. The molecule has 0 amide bonds. The highest BCUT2D eigenvalue weighted by Gasteiger charge is 2.14. The zero-order valence-electron chi connectivity index (χ0n) is 7.47. The van der Waals surface area contributed by atoms with Gasteiger partial charge in [0.05, 0.1) is 5.56 Å². The van der Waals surface area contributed by atoms with Crippen LogP contribution in [0.15, 0.2) is 12.1 Å². The molecular formula is C9H9FN2O2. The van der Waals surface area contributed by atoms with Gasteiger partial charge in [-0.15, -0.1) is 0 Å². The zero-order valence-corrected chi connectivity index (χ0v) is 7.47. The van der Waals surface area contributed by atoms with Gasteiger partial charge in [0.1, 0.15) is 5.82 Å². The molecule has 0 aliphatic carbocycles. The van der Waals surface area contributed by atoms with Crippen molar-refractivity contribution in [2.45, 2.75) is 6.92 Å². The molecule has 0 radical (unpaired) electrons. The number of benzene rings is 1. The molecule has 0 aliphatic heterocycles. The lowest BCUT2D eigenvalue weighted by atomic mass is 10.0. The number of aromatic carboxylic acids is 1. The number of carboxylic acids is 1. The monoisotopic (exact) mass is 196 g/mol. The molecule has 14 heavy (non-hydrogen) atoms. The number of nitrogens with one attached hydrogen (secondary N) is 1. The van der Waals surface area contributed by atoms with Crippen molar-refractivity contribution in [1.29, 1.82) is 5.41 Å². The van der Waals surface area contributed by atoms with Crippen LogP contribution in [0.2, 0.25) is 0 Å².